The van der Waals surface area contributed by atoms with E-state index in [-0.39, 0.29) is 4.90 Å². The summed E-state index contributed by atoms with van der Waals surface area (Å²) >= 11 is 0. The summed E-state index contributed by atoms with van der Waals surface area (Å²) in [5.74, 6) is 0. The molecule has 0 saturated carbocycles. The third-order valence-electron chi connectivity index (χ3n) is 2.81. The van der Waals surface area contributed by atoms with E-state index in [9.17, 15) is 8.42 Å². The second kappa shape index (κ2) is 6.88. The van der Waals surface area contributed by atoms with Gasteiger partial charge in [0.1, 0.15) is 0 Å². The smallest absolute Gasteiger partial charge is 0.240 e. The van der Waals surface area contributed by atoms with Gasteiger partial charge in [-0.25, -0.2) is 13.1 Å². The van der Waals surface area contributed by atoms with Crippen molar-refractivity contribution in [2.45, 2.75) is 31.7 Å². The van der Waals surface area contributed by atoms with Crippen molar-refractivity contribution in [3.8, 4) is 0 Å². The molecule has 0 aliphatic carbocycles. The number of nitrogens with two attached hydrogens (primary N) is 1. The van der Waals surface area contributed by atoms with E-state index < -0.39 is 10.0 Å². The van der Waals surface area contributed by atoms with Gasteiger partial charge in [0, 0.05) is 31.4 Å². The summed E-state index contributed by atoms with van der Waals surface area (Å²) < 4.78 is 26.1. The highest BCUT2D eigenvalue weighted by molar-refractivity contribution is 7.89. The number of rotatable bonds is 7. The Balaban J connectivity index is 2.98. The van der Waals surface area contributed by atoms with E-state index in [0.29, 0.717) is 19.1 Å². The zero-order valence-corrected chi connectivity index (χ0v) is 12.6. The molecule has 0 unspecified atom stereocenters. The molecule has 0 aromatic heterocycles. The molecule has 0 saturated heterocycles. The maximum atomic E-state index is 11.8. The van der Waals surface area contributed by atoms with E-state index in [2.05, 4.69) is 23.5 Å². The summed E-state index contributed by atoms with van der Waals surface area (Å²) in [7, 11) is -3.38. The molecule has 1 rings (SSSR count). The Morgan fingerprint density at radius 3 is 2.26 bits per heavy atom. The summed E-state index contributed by atoms with van der Waals surface area (Å²) in [6, 6.07) is 7.21. The highest BCUT2D eigenvalue weighted by Gasteiger charge is 2.14. The van der Waals surface area contributed by atoms with Crippen molar-refractivity contribution < 1.29 is 8.42 Å². The number of nitrogens with one attached hydrogen (secondary N) is 1. The first-order chi connectivity index (χ1) is 8.92. The molecule has 6 heteroatoms. The van der Waals surface area contributed by atoms with Gasteiger partial charge in [-0.2, -0.15) is 0 Å². The van der Waals surface area contributed by atoms with E-state index in [1.165, 1.54) is 0 Å². The Bertz CT molecular complexity index is 483. The predicted molar refractivity (Wildman–Crippen MR) is 78.8 cm³/mol. The van der Waals surface area contributed by atoms with Crippen LogP contribution in [-0.2, 0) is 10.0 Å². The van der Waals surface area contributed by atoms with Gasteiger partial charge in [-0.3, -0.25) is 0 Å². The largest absolute Gasteiger partial charge is 0.368 e. The fourth-order valence-electron chi connectivity index (χ4n) is 1.91. The molecule has 0 spiro atoms. The van der Waals surface area contributed by atoms with Gasteiger partial charge in [-0.1, -0.05) is 6.92 Å². The lowest BCUT2D eigenvalue weighted by Crippen LogP contribution is -2.35. The molecule has 1 aromatic carbocycles. The van der Waals surface area contributed by atoms with Crippen molar-refractivity contribution in [3.63, 3.8) is 0 Å². The van der Waals surface area contributed by atoms with Crippen LogP contribution in [0.1, 0.15) is 20.8 Å². The van der Waals surface area contributed by atoms with E-state index in [1.807, 2.05) is 12.1 Å². The molecule has 0 amide bonds. The quantitative estimate of drug-likeness (QED) is 0.788. The second-order valence-electron chi connectivity index (χ2n) is 4.57. The summed E-state index contributed by atoms with van der Waals surface area (Å²) in [6.45, 7) is 7.62. The third kappa shape index (κ3) is 4.19. The molecule has 0 bridgehead atoms. The zero-order valence-electron chi connectivity index (χ0n) is 11.8. The van der Waals surface area contributed by atoms with Crippen molar-refractivity contribution in [2.24, 2.45) is 5.73 Å². The number of hydrogen-bond acceptors (Lipinski definition) is 4. The van der Waals surface area contributed by atoms with Gasteiger partial charge in [0.15, 0.2) is 0 Å². The predicted octanol–water partition coefficient (Wildman–Crippen LogP) is 1.16. The zero-order chi connectivity index (χ0) is 14.5. The van der Waals surface area contributed by atoms with E-state index in [4.69, 9.17) is 5.73 Å². The first kappa shape index (κ1) is 15.9. The van der Waals surface area contributed by atoms with Crippen molar-refractivity contribution in [1.82, 2.24) is 4.72 Å². The van der Waals surface area contributed by atoms with Crippen molar-refractivity contribution in [1.29, 1.82) is 0 Å². The van der Waals surface area contributed by atoms with Crippen LogP contribution in [0, 0.1) is 0 Å². The molecule has 0 fully saturated rings. The Labute approximate surface area is 115 Å². The molecule has 0 radical (unpaired) electrons. The molecular weight excluding hydrogens is 262 g/mol. The van der Waals surface area contributed by atoms with Crippen molar-refractivity contribution in [3.05, 3.63) is 24.3 Å². The summed E-state index contributed by atoms with van der Waals surface area (Å²) in [6.07, 6.45) is 0. The van der Waals surface area contributed by atoms with Gasteiger partial charge in [0.05, 0.1) is 4.90 Å². The van der Waals surface area contributed by atoms with Gasteiger partial charge in [0.25, 0.3) is 0 Å². The van der Waals surface area contributed by atoms with Crippen LogP contribution in [0.2, 0.25) is 0 Å². The first-order valence-electron chi connectivity index (χ1n) is 6.48. The van der Waals surface area contributed by atoms with Crippen molar-refractivity contribution >= 4 is 15.7 Å². The van der Waals surface area contributed by atoms with Crippen LogP contribution in [0.5, 0.6) is 0 Å². The Hall–Kier alpha value is -1.11. The number of hydrogen-bond donors (Lipinski definition) is 2. The Morgan fingerprint density at radius 1 is 1.26 bits per heavy atom. The molecular formula is C13H23N3O2S. The van der Waals surface area contributed by atoms with E-state index >= 15 is 0 Å². The molecule has 1 aromatic rings. The maximum Gasteiger partial charge on any atom is 0.240 e. The van der Waals surface area contributed by atoms with Crippen LogP contribution >= 0.6 is 0 Å². The molecule has 19 heavy (non-hydrogen) atoms. The van der Waals surface area contributed by atoms with Gasteiger partial charge >= 0.3 is 0 Å². The fourth-order valence-corrected chi connectivity index (χ4v) is 2.96. The lowest BCUT2D eigenvalue weighted by molar-refractivity contribution is 0.584. The highest BCUT2D eigenvalue weighted by Crippen LogP contribution is 2.19. The van der Waals surface area contributed by atoms with Crippen LogP contribution < -0.4 is 15.4 Å². The van der Waals surface area contributed by atoms with Crippen LogP contribution in [0.3, 0.4) is 0 Å². The minimum atomic E-state index is -3.38. The fraction of sp³-hybridized carbons (Fsp3) is 0.538. The summed E-state index contributed by atoms with van der Waals surface area (Å²) in [5.41, 5.74) is 6.58. The molecule has 0 aliphatic rings. The van der Waals surface area contributed by atoms with Crippen LogP contribution in [0.4, 0.5) is 5.69 Å². The molecule has 0 atom stereocenters. The van der Waals surface area contributed by atoms with Gasteiger partial charge in [0.2, 0.25) is 10.0 Å². The number of anilines is 1. The van der Waals surface area contributed by atoms with Crippen LogP contribution in [0.15, 0.2) is 29.2 Å². The molecule has 5 nitrogen and oxygen atoms in total. The number of benzene rings is 1. The van der Waals surface area contributed by atoms with Gasteiger partial charge < -0.3 is 10.6 Å². The monoisotopic (exact) mass is 285 g/mol. The minimum absolute atomic E-state index is 0.287. The Kier molecular flexibility index (Phi) is 5.78. The van der Waals surface area contributed by atoms with Gasteiger partial charge in [-0.15, -0.1) is 0 Å². The lowest BCUT2D eigenvalue weighted by Gasteiger charge is -2.28. The van der Waals surface area contributed by atoms with Gasteiger partial charge in [-0.05, 0) is 38.1 Å². The first-order valence-corrected chi connectivity index (χ1v) is 7.97. The Morgan fingerprint density at radius 2 is 1.84 bits per heavy atom. The third-order valence-corrected chi connectivity index (χ3v) is 4.37. The summed E-state index contributed by atoms with van der Waals surface area (Å²) in [5, 5.41) is 0. The second-order valence-corrected chi connectivity index (χ2v) is 6.34. The molecule has 0 aliphatic heterocycles. The van der Waals surface area contributed by atoms with Crippen LogP contribution in [-0.4, -0.2) is 34.1 Å². The minimum Gasteiger partial charge on any atom is -0.368 e. The van der Waals surface area contributed by atoms with Crippen molar-refractivity contribution in [2.75, 3.05) is 24.5 Å². The molecule has 108 valence electrons. The van der Waals surface area contributed by atoms with E-state index in [0.717, 1.165) is 12.2 Å². The topological polar surface area (TPSA) is 75.4 Å². The standard InChI is InChI=1S/C13H23N3O2S/c1-4-15-19(17,18)13-7-5-12(6-8-13)16(10-9-14)11(2)3/h5-8,11,15H,4,9-10,14H2,1-3H3. The lowest BCUT2D eigenvalue weighted by atomic mass is 10.2. The van der Waals surface area contributed by atoms with Crippen LogP contribution in [0.25, 0.3) is 0 Å². The number of sulfonamides is 1. The normalized spacial score (nSPS) is 11.8. The SMILES string of the molecule is CCNS(=O)(=O)c1ccc(N(CCN)C(C)C)cc1. The average Bonchev–Trinajstić information content (AvgIpc) is 2.35. The summed E-state index contributed by atoms with van der Waals surface area (Å²) in [4.78, 5) is 2.43. The highest BCUT2D eigenvalue weighted by atomic mass is 32.2. The molecule has 3 N–H and O–H groups in total. The maximum absolute atomic E-state index is 11.8. The van der Waals surface area contributed by atoms with E-state index in [1.54, 1.807) is 19.1 Å². The average molecular weight is 285 g/mol. The number of nitrogens with zero attached hydrogens (tertiary/aromatic N) is 1. The molecule has 0 heterocycles.